The molecule has 0 unspecified atom stereocenters. The zero-order valence-corrected chi connectivity index (χ0v) is 32.8. The number of rotatable bonds is 11. The van der Waals surface area contributed by atoms with E-state index in [2.05, 4.69) is 31.2 Å². The molecule has 4 heterocycles. The molecular weight excluding hydrogens is 770 g/mol. The van der Waals surface area contributed by atoms with Crippen molar-refractivity contribution in [2.75, 3.05) is 37.3 Å². The average Bonchev–Trinajstić information content (AvgIpc) is 3.43. The third-order valence-corrected chi connectivity index (χ3v) is 10.5. The number of amides is 6. The number of anilines is 4. The summed E-state index contributed by atoms with van der Waals surface area (Å²) in [7, 11) is 1.44. The molecule has 7 rings (SSSR count). The summed E-state index contributed by atoms with van der Waals surface area (Å²) < 4.78 is 48.7. The van der Waals surface area contributed by atoms with Gasteiger partial charge in [-0.3, -0.25) is 29.4 Å². The van der Waals surface area contributed by atoms with Crippen molar-refractivity contribution in [2.45, 2.75) is 64.8 Å². The molecule has 0 atom stereocenters. The highest BCUT2D eigenvalue weighted by molar-refractivity contribution is 6.22. The highest BCUT2D eigenvalue weighted by Gasteiger charge is 2.43. The number of halogens is 3. The first-order chi connectivity index (χ1) is 28.1. The molecule has 308 valence electrons. The summed E-state index contributed by atoms with van der Waals surface area (Å²) in [6.45, 7) is 7.71. The van der Waals surface area contributed by atoms with Crippen LogP contribution in [-0.2, 0) is 17.5 Å². The number of hydrazine groups is 1. The maximum atomic E-state index is 14.2. The van der Waals surface area contributed by atoms with E-state index in [0.717, 1.165) is 58.8 Å². The topological polar surface area (TPSA) is 165 Å². The second kappa shape index (κ2) is 16.4. The largest absolute Gasteiger partial charge is 0.489 e. The number of aryl methyl sites for hydroxylation is 1. The normalized spacial score (nSPS) is 16.3. The van der Waals surface area contributed by atoms with Gasteiger partial charge in [0, 0.05) is 32.3 Å². The van der Waals surface area contributed by atoms with Crippen LogP contribution in [0.3, 0.4) is 0 Å². The van der Waals surface area contributed by atoms with Crippen LogP contribution in [0, 0.1) is 6.92 Å². The van der Waals surface area contributed by atoms with Gasteiger partial charge in [0.15, 0.2) is 0 Å². The number of benzene rings is 3. The third-order valence-electron chi connectivity index (χ3n) is 10.5. The maximum Gasteiger partial charge on any atom is 0.419 e. The summed E-state index contributed by atoms with van der Waals surface area (Å²) >= 11 is 0. The molecule has 17 heteroatoms. The molecule has 0 radical (unpaired) electrons. The van der Waals surface area contributed by atoms with Gasteiger partial charge in [-0.1, -0.05) is 18.2 Å². The second-order valence-corrected chi connectivity index (χ2v) is 14.9. The standard InChI is InChI=1S/C42H43F3N8O6/c1-23(2)59-35-19-29(24(3)17-34(35)49-36-20-33(31(21-47-36)42(43,44)45)48-32-8-6-5-7-28(32)38(55)46-4)26-11-14-51(15-12-26)22-25-9-10-27-30(18-25)40(57)53(39(27)56)52-16-13-37(54)50-41(52)58/h5-10,17-21,23,26H,11-16,22H2,1-4H3,(H,46,55)(H2,47,48,49)(H,50,54,58). The smallest absolute Gasteiger partial charge is 0.419 e. The number of urea groups is 1. The van der Waals surface area contributed by atoms with E-state index in [1.54, 1.807) is 30.3 Å². The van der Waals surface area contributed by atoms with Gasteiger partial charge < -0.3 is 20.7 Å². The fraction of sp³-hybridized carbons (Fsp3) is 0.333. The molecule has 3 aliphatic rings. The zero-order valence-electron chi connectivity index (χ0n) is 32.8. The fourth-order valence-corrected chi connectivity index (χ4v) is 7.65. The van der Waals surface area contributed by atoms with Crippen molar-refractivity contribution in [1.82, 2.24) is 30.5 Å². The third kappa shape index (κ3) is 8.55. The van der Waals surface area contributed by atoms with E-state index in [0.29, 0.717) is 18.0 Å². The molecule has 0 bridgehead atoms. The van der Waals surface area contributed by atoms with Crippen molar-refractivity contribution in [3.05, 3.63) is 106 Å². The maximum absolute atomic E-state index is 14.2. The summed E-state index contributed by atoms with van der Waals surface area (Å²) in [5.41, 5.74) is 2.91. The van der Waals surface area contributed by atoms with Crippen LogP contribution >= 0.6 is 0 Å². The lowest BCUT2D eigenvalue weighted by molar-refractivity contribution is -0.137. The Balaban J connectivity index is 1.05. The molecule has 3 aliphatic heterocycles. The van der Waals surface area contributed by atoms with Gasteiger partial charge in [-0.2, -0.15) is 18.2 Å². The molecule has 6 amide bonds. The number of imide groups is 2. The zero-order chi connectivity index (χ0) is 42.2. The first-order valence-electron chi connectivity index (χ1n) is 19.2. The number of aromatic nitrogens is 1. The van der Waals surface area contributed by atoms with Crippen LogP contribution in [0.1, 0.15) is 92.4 Å². The number of nitrogens with zero attached hydrogens (tertiary/aromatic N) is 4. The monoisotopic (exact) mass is 812 g/mol. The van der Waals surface area contributed by atoms with Crippen molar-refractivity contribution in [3.63, 3.8) is 0 Å². The SMILES string of the molecule is CNC(=O)c1ccccc1Nc1cc(Nc2cc(C)c(C3CCN(Cc4ccc5c(c4)C(=O)N(N4CCC(=O)NC4=O)C5=O)CC3)cc2OC(C)C)ncc1C(F)(F)F. The van der Waals surface area contributed by atoms with Crippen LogP contribution in [0.4, 0.5) is 40.8 Å². The highest BCUT2D eigenvalue weighted by Crippen LogP contribution is 2.41. The molecule has 4 aromatic rings. The fourth-order valence-electron chi connectivity index (χ4n) is 7.65. The van der Waals surface area contributed by atoms with E-state index in [4.69, 9.17) is 4.74 Å². The molecule has 2 fully saturated rings. The minimum atomic E-state index is -4.73. The summed E-state index contributed by atoms with van der Waals surface area (Å²) in [5.74, 6) is -1.32. The summed E-state index contributed by atoms with van der Waals surface area (Å²) in [6, 6.07) is 15.7. The van der Waals surface area contributed by atoms with E-state index < -0.39 is 41.4 Å². The number of likely N-dealkylation sites (tertiary alicyclic amines) is 1. The Morgan fingerprint density at radius 1 is 0.915 bits per heavy atom. The van der Waals surface area contributed by atoms with Crippen LogP contribution in [0.15, 0.2) is 66.9 Å². The number of para-hydroxylation sites is 1. The highest BCUT2D eigenvalue weighted by atomic mass is 19.4. The van der Waals surface area contributed by atoms with Gasteiger partial charge >= 0.3 is 12.2 Å². The van der Waals surface area contributed by atoms with Crippen LogP contribution in [-0.4, -0.2) is 82.3 Å². The molecule has 4 N–H and O–H groups in total. The number of piperidine rings is 1. The van der Waals surface area contributed by atoms with Crippen LogP contribution < -0.4 is 26.0 Å². The first-order valence-corrected chi connectivity index (χ1v) is 19.2. The molecule has 1 aromatic heterocycles. The molecule has 2 saturated heterocycles. The molecule has 0 aliphatic carbocycles. The lowest BCUT2D eigenvalue weighted by Crippen LogP contribution is -2.58. The van der Waals surface area contributed by atoms with Gasteiger partial charge in [0.2, 0.25) is 5.91 Å². The van der Waals surface area contributed by atoms with Gasteiger partial charge in [0.05, 0.1) is 52.0 Å². The van der Waals surface area contributed by atoms with Crippen molar-refractivity contribution >= 4 is 52.5 Å². The average molecular weight is 813 g/mol. The lowest BCUT2D eigenvalue weighted by Gasteiger charge is -2.33. The van der Waals surface area contributed by atoms with E-state index >= 15 is 0 Å². The number of nitrogens with one attached hydrogen (secondary N) is 4. The van der Waals surface area contributed by atoms with E-state index in [1.165, 1.54) is 25.2 Å². The molecule has 0 spiro atoms. The van der Waals surface area contributed by atoms with E-state index in [-0.39, 0.29) is 58.9 Å². The van der Waals surface area contributed by atoms with Gasteiger partial charge in [-0.05, 0) is 106 Å². The predicted molar refractivity (Wildman–Crippen MR) is 212 cm³/mol. The molecule has 0 saturated carbocycles. The summed E-state index contributed by atoms with van der Waals surface area (Å²) in [4.78, 5) is 69.3. The number of carbonyl (C=O) groups is 5. The first kappa shape index (κ1) is 40.7. The minimum absolute atomic E-state index is 0.0225. The lowest BCUT2D eigenvalue weighted by atomic mass is 9.86. The number of hydrogen-bond acceptors (Lipinski definition) is 10. The van der Waals surface area contributed by atoms with E-state index in [9.17, 15) is 37.1 Å². The van der Waals surface area contributed by atoms with Crippen LogP contribution in [0.2, 0.25) is 0 Å². The Hall–Kier alpha value is -6.49. The van der Waals surface area contributed by atoms with Gasteiger partial charge in [-0.15, -0.1) is 0 Å². The van der Waals surface area contributed by atoms with Crippen molar-refractivity contribution in [2.24, 2.45) is 0 Å². The Kier molecular flexibility index (Phi) is 11.3. The molecule has 3 aromatic carbocycles. The number of fused-ring (bicyclic) bond motifs is 1. The number of ether oxygens (including phenoxy) is 1. The number of alkyl halides is 3. The Morgan fingerprint density at radius 2 is 1.64 bits per heavy atom. The minimum Gasteiger partial charge on any atom is -0.489 e. The second-order valence-electron chi connectivity index (χ2n) is 14.9. The Bertz CT molecular complexity index is 2340. The van der Waals surface area contributed by atoms with Crippen LogP contribution in [0.25, 0.3) is 0 Å². The van der Waals surface area contributed by atoms with E-state index in [1.807, 2.05) is 32.9 Å². The van der Waals surface area contributed by atoms with Gasteiger partial charge in [-0.25, -0.2) is 14.8 Å². The predicted octanol–water partition coefficient (Wildman–Crippen LogP) is 6.88. The van der Waals surface area contributed by atoms with Crippen molar-refractivity contribution in [3.8, 4) is 5.75 Å². The van der Waals surface area contributed by atoms with Crippen LogP contribution in [0.5, 0.6) is 5.75 Å². The number of hydrogen-bond donors (Lipinski definition) is 4. The van der Waals surface area contributed by atoms with Crippen molar-refractivity contribution in [1.29, 1.82) is 0 Å². The van der Waals surface area contributed by atoms with Crippen molar-refractivity contribution < 1.29 is 41.9 Å². The molecular formula is C42H43F3N8O6. The number of pyridine rings is 1. The summed E-state index contributed by atoms with van der Waals surface area (Å²) in [6.07, 6.45) is -2.57. The quantitative estimate of drug-likeness (QED) is 0.117. The summed E-state index contributed by atoms with van der Waals surface area (Å²) in [5, 5.41) is 12.4. The van der Waals surface area contributed by atoms with Gasteiger partial charge in [0.1, 0.15) is 11.6 Å². The Morgan fingerprint density at radius 3 is 2.34 bits per heavy atom. The number of carbonyl (C=O) groups excluding carboxylic acids is 5. The van der Waals surface area contributed by atoms with Gasteiger partial charge in [0.25, 0.3) is 17.7 Å². The Labute approximate surface area is 338 Å². The molecule has 59 heavy (non-hydrogen) atoms. The molecule has 14 nitrogen and oxygen atoms in total.